The highest BCUT2D eigenvalue weighted by Crippen LogP contribution is 2.21. The molecule has 1 heterocycles. The maximum atomic E-state index is 10.5. The van der Waals surface area contributed by atoms with Gasteiger partial charge in [-0.15, -0.1) is 0 Å². The molecule has 1 rings (SSSR count). The molecule has 1 aromatic rings. The highest BCUT2D eigenvalue weighted by Gasteiger charge is 2.13. The van der Waals surface area contributed by atoms with E-state index in [0.717, 1.165) is 11.5 Å². The summed E-state index contributed by atoms with van der Waals surface area (Å²) in [6, 6.07) is 0. The van der Waals surface area contributed by atoms with E-state index in [0.29, 0.717) is 5.69 Å². The van der Waals surface area contributed by atoms with Crippen LogP contribution in [0.2, 0.25) is 0 Å². The third-order valence-corrected chi connectivity index (χ3v) is 2.00. The number of hydrogen-bond donors (Lipinski definition) is 1. The lowest BCUT2D eigenvalue weighted by atomic mass is 10.4. The first kappa shape index (κ1) is 8.00. The fraction of sp³-hybridized carbons (Fsp3) is 0.333. The van der Waals surface area contributed by atoms with Crippen molar-refractivity contribution >= 4 is 23.2 Å². The van der Waals surface area contributed by atoms with E-state index in [2.05, 4.69) is 4.37 Å². The number of carboxylic acids is 1. The summed E-state index contributed by atoms with van der Waals surface area (Å²) in [4.78, 5) is 12.5. The third-order valence-electron chi connectivity index (χ3n) is 1.23. The van der Waals surface area contributed by atoms with Gasteiger partial charge in [-0.05, 0) is 11.5 Å². The predicted molar refractivity (Wildman–Crippen MR) is 43.4 cm³/mol. The van der Waals surface area contributed by atoms with Crippen molar-refractivity contribution in [3.8, 4) is 0 Å². The SMILES string of the molecule is CN(C)c1cnsc1C(=O)O. The van der Waals surface area contributed by atoms with Gasteiger partial charge in [0, 0.05) is 14.1 Å². The lowest BCUT2D eigenvalue weighted by Crippen LogP contribution is -2.11. The number of carbonyl (C=O) groups is 1. The Balaban J connectivity index is 3.06. The van der Waals surface area contributed by atoms with Gasteiger partial charge in [0.2, 0.25) is 0 Å². The number of nitrogens with zero attached hydrogens (tertiary/aromatic N) is 2. The summed E-state index contributed by atoms with van der Waals surface area (Å²) < 4.78 is 3.78. The molecule has 5 heteroatoms. The molecule has 0 amide bonds. The van der Waals surface area contributed by atoms with Gasteiger partial charge in [-0.2, -0.15) is 4.37 Å². The summed E-state index contributed by atoms with van der Waals surface area (Å²) in [7, 11) is 3.58. The van der Waals surface area contributed by atoms with Gasteiger partial charge in [-0.1, -0.05) is 0 Å². The molecule has 0 fully saturated rings. The van der Waals surface area contributed by atoms with Crippen molar-refractivity contribution in [1.82, 2.24) is 4.37 Å². The van der Waals surface area contributed by atoms with E-state index in [4.69, 9.17) is 5.11 Å². The number of anilines is 1. The first-order chi connectivity index (χ1) is 5.13. The molecule has 0 bridgehead atoms. The molecule has 0 aliphatic heterocycles. The van der Waals surface area contributed by atoms with Crippen LogP contribution in [-0.2, 0) is 0 Å². The molecular weight excluding hydrogens is 164 g/mol. The fourth-order valence-corrected chi connectivity index (χ4v) is 1.37. The minimum Gasteiger partial charge on any atom is -0.477 e. The summed E-state index contributed by atoms with van der Waals surface area (Å²) in [5.74, 6) is -0.920. The van der Waals surface area contributed by atoms with Gasteiger partial charge >= 0.3 is 5.97 Å². The van der Waals surface area contributed by atoms with Crippen molar-refractivity contribution in [3.63, 3.8) is 0 Å². The van der Waals surface area contributed by atoms with Crippen LogP contribution in [0.1, 0.15) is 9.67 Å². The minimum atomic E-state index is -0.920. The van der Waals surface area contributed by atoms with Gasteiger partial charge < -0.3 is 10.0 Å². The molecule has 0 saturated heterocycles. The second-order valence-corrected chi connectivity index (χ2v) is 3.04. The highest BCUT2D eigenvalue weighted by molar-refractivity contribution is 7.08. The zero-order chi connectivity index (χ0) is 8.43. The number of aromatic nitrogens is 1. The Morgan fingerprint density at radius 2 is 2.36 bits per heavy atom. The Kier molecular flexibility index (Phi) is 2.09. The average Bonchev–Trinajstić information content (AvgIpc) is 2.32. The Labute approximate surface area is 68.2 Å². The van der Waals surface area contributed by atoms with Gasteiger partial charge in [0.15, 0.2) is 4.88 Å². The number of rotatable bonds is 2. The predicted octanol–water partition coefficient (Wildman–Crippen LogP) is 0.907. The lowest BCUT2D eigenvalue weighted by molar-refractivity contribution is 0.0703. The van der Waals surface area contributed by atoms with Gasteiger partial charge in [0.05, 0.1) is 11.9 Å². The van der Waals surface area contributed by atoms with Crippen LogP contribution in [0.15, 0.2) is 6.20 Å². The fourth-order valence-electron chi connectivity index (χ4n) is 0.702. The third kappa shape index (κ3) is 1.48. The monoisotopic (exact) mass is 172 g/mol. The second-order valence-electron chi connectivity index (χ2n) is 2.24. The van der Waals surface area contributed by atoms with Crippen molar-refractivity contribution in [2.45, 2.75) is 0 Å². The van der Waals surface area contributed by atoms with E-state index in [9.17, 15) is 4.79 Å². The molecule has 11 heavy (non-hydrogen) atoms. The molecule has 1 N–H and O–H groups in total. The van der Waals surface area contributed by atoms with Crippen molar-refractivity contribution in [3.05, 3.63) is 11.1 Å². The van der Waals surface area contributed by atoms with Crippen LogP contribution in [0.3, 0.4) is 0 Å². The van der Waals surface area contributed by atoms with Crippen molar-refractivity contribution in [1.29, 1.82) is 0 Å². The zero-order valence-corrected chi connectivity index (χ0v) is 7.05. The summed E-state index contributed by atoms with van der Waals surface area (Å²) in [6.45, 7) is 0. The topological polar surface area (TPSA) is 53.4 Å². The molecule has 4 nitrogen and oxygen atoms in total. The van der Waals surface area contributed by atoms with E-state index in [-0.39, 0.29) is 4.88 Å². The summed E-state index contributed by atoms with van der Waals surface area (Å²) in [5, 5.41) is 8.65. The molecular formula is C6H8N2O2S. The van der Waals surface area contributed by atoms with E-state index in [1.807, 2.05) is 0 Å². The van der Waals surface area contributed by atoms with Crippen LogP contribution in [0, 0.1) is 0 Å². The molecule has 0 atom stereocenters. The number of carboxylic acid groups (broad SMARTS) is 1. The summed E-state index contributed by atoms with van der Waals surface area (Å²) in [6.07, 6.45) is 1.55. The van der Waals surface area contributed by atoms with Crippen LogP contribution < -0.4 is 4.90 Å². The van der Waals surface area contributed by atoms with Gasteiger partial charge in [-0.25, -0.2) is 4.79 Å². The molecule has 0 aliphatic carbocycles. The van der Waals surface area contributed by atoms with Gasteiger partial charge in [0.1, 0.15) is 0 Å². The largest absolute Gasteiger partial charge is 0.477 e. The van der Waals surface area contributed by atoms with E-state index in [1.54, 1.807) is 25.2 Å². The summed E-state index contributed by atoms with van der Waals surface area (Å²) in [5.41, 5.74) is 0.655. The van der Waals surface area contributed by atoms with Crippen molar-refractivity contribution < 1.29 is 9.90 Å². The molecule has 0 aromatic carbocycles. The van der Waals surface area contributed by atoms with E-state index < -0.39 is 5.97 Å². The summed E-state index contributed by atoms with van der Waals surface area (Å²) >= 11 is 0.995. The molecule has 0 radical (unpaired) electrons. The first-order valence-corrected chi connectivity index (χ1v) is 3.75. The molecule has 0 spiro atoms. The normalized spacial score (nSPS) is 9.64. The van der Waals surface area contributed by atoms with Crippen LogP contribution in [0.4, 0.5) is 5.69 Å². The van der Waals surface area contributed by atoms with Gasteiger partial charge in [-0.3, -0.25) is 0 Å². The second kappa shape index (κ2) is 2.87. The molecule has 1 aromatic heterocycles. The maximum Gasteiger partial charge on any atom is 0.349 e. The Morgan fingerprint density at radius 1 is 1.73 bits per heavy atom. The quantitative estimate of drug-likeness (QED) is 0.720. The van der Waals surface area contributed by atoms with Crippen molar-refractivity contribution in [2.75, 3.05) is 19.0 Å². The Morgan fingerprint density at radius 3 is 2.73 bits per heavy atom. The number of aromatic carboxylic acids is 1. The molecule has 0 unspecified atom stereocenters. The van der Waals surface area contributed by atoms with Crippen LogP contribution in [0.5, 0.6) is 0 Å². The Hall–Kier alpha value is -1.10. The van der Waals surface area contributed by atoms with Crippen LogP contribution >= 0.6 is 11.5 Å². The first-order valence-electron chi connectivity index (χ1n) is 2.98. The zero-order valence-electron chi connectivity index (χ0n) is 6.24. The molecule has 0 saturated carbocycles. The molecule has 0 aliphatic rings. The minimum absolute atomic E-state index is 0.287. The Bertz CT molecular complexity index is 269. The number of hydrogen-bond acceptors (Lipinski definition) is 4. The lowest BCUT2D eigenvalue weighted by Gasteiger charge is -2.08. The standard InChI is InChI=1S/C6H8N2O2S/c1-8(2)4-3-7-11-5(4)6(9)10/h3H,1-2H3,(H,9,10). The highest BCUT2D eigenvalue weighted by atomic mass is 32.1. The maximum absolute atomic E-state index is 10.5. The van der Waals surface area contributed by atoms with Crippen molar-refractivity contribution in [2.24, 2.45) is 0 Å². The molecule has 60 valence electrons. The van der Waals surface area contributed by atoms with Crippen LogP contribution in [0.25, 0.3) is 0 Å². The van der Waals surface area contributed by atoms with E-state index in [1.165, 1.54) is 0 Å². The average molecular weight is 172 g/mol. The van der Waals surface area contributed by atoms with Gasteiger partial charge in [0.25, 0.3) is 0 Å². The van der Waals surface area contributed by atoms with E-state index >= 15 is 0 Å². The smallest absolute Gasteiger partial charge is 0.349 e. The van der Waals surface area contributed by atoms with Crippen LogP contribution in [-0.4, -0.2) is 29.5 Å².